The summed E-state index contributed by atoms with van der Waals surface area (Å²) < 4.78 is 1.38. The molecule has 1 nitrogen and oxygen atoms in total. The first-order chi connectivity index (χ1) is 7.92. The summed E-state index contributed by atoms with van der Waals surface area (Å²) in [4.78, 5) is 0. The molecule has 0 spiro atoms. The Morgan fingerprint density at radius 2 is 2.06 bits per heavy atom. The summed E-state index contributed by atoms with van der Waals surface area (Å²) in [5, 5.41) is 7.10. The molecule has 1 aromatic heterocycles. The van der Waals surface area contributed by atoms with Crippen molar-refractivity contribution >= 4 is 33.0 Å². The molecule has 0 bridgehead atoms. The number of alkyl halides is 1. The molecule has 1 N–H and O–H groups in total. The molecule has 0 aliphatic rings. The van der Waals surface area contributed by atoms with E-state index in [1.807, 2.05) is 11.3 Å². The van der Waals surface area contributed by atoms with Gasteiger partial charge in [0.15, 0.2) is 0 Å². The molecule has 0 fully saturated rings. The van der Waals surface area contributed by atoms with Gasteiger partial charge < -0.3 is 5.32 Å². The van der Waals surface area contributed by atoms with E-state index in [0.717, 1.165) is 31.8 Å². The summed E-state index contributed by atoms with van der Waals surface area (Å²) in [6.45, 7) is 2.02. The molecule has 0 saturated carbocycles. The van der Waals surface area contributed by atoms with Crippen molar-refractivity contribution in [3.8, 4) is 0 Å². The van der Waals surface area contributed by atoms with Crippen LogP contribution >= 0.6 is 22.9 Å². The third kappa shape index (κ3) is 2.97. The van der Waals surface area contributed by atoms with Gasteiger partial charge in [-0.2, -0.15) is 0 Å². The van der Waals surface area contributed by atoms with E-state index in [9.17, 15) is 0 Å². The van der Waals surface area contributed by atoms with Crippen LogP contribution in [-0.4, -0.2) is 12.4 Å². The number of rotatable bonds is 6. The highest BCUT2D eigenvalue weighted by Gasteiger charge is 2.01. The molecule has 0 saturated heterocycles. The SMILES string of the molecule is ClCCCCNCc1csc2ccccc12. The summed E-state index contributed by atoms with van der Waals surface area (Å²) in [5.74, 6) is 0.767. The maximum Gasteiger partial charge on any atom is 0.0346 e. The maximum atomic E-state index is 5.63. The fourth-order valence-corrected chi connectivity index (χ4v) is 2.89. The summed E-state index contributed by atoms with van der Waals surface area (Å²) >= 11 is 7.45. The highest BCUT2D eigenvalue weighted by atomic mass is 35.5. The average Bonchev–Trinajstić information content (AvgIpc) is 2.73. The van der Waals surface area contributed by atoms with Crippen LogP contribution in [0.3, 0.4) is 0 Å². The molecule has 0 aliphatic heterocycles. The Morgan fingerprint density at radius 3 is 2.94 bits per heavy atom. The fourth-order valence-electron chi connectivity index (χ4n) is 1.74. The molecule has 86 valence electrons. The Kier molecular flexibility index (Phi) is 4.64. The predicted octanol–water partition coefficient (Wildman–Crippen LogP) is 4.01. The Hall–Kier alpha value is -0.570. The van der Waals surface area contributed by atoms with Gasteiger partial charge in [-0.3, -0.25) is 0 Å². The Bertz CT molecular complexity index is 438. The van der Waals surface area contributed by atoms with Crippen LogP contribution in [0, 0.1) is 0 Å². The second-order valence-electron chi connectivity index (χ2n) is 3.83. The normalized spacial score (nSPS) is 11.1. The number of benzene rings is 1. The van der Waals surface area contributed by atoms with Crippen molar-refractivity contribution < 1.29 is 0 Å². The van der Waals surface area contributed by atoms with Gasteiger partial charge in [0.2, 0.25) is 0 Å². The van der Waals surface area contributed by atoms with Crippen LogP contribution < -0.4 is 5.32 Å². The smallest absolute Gasteiger partial charge is 0.0346 e. The first-order valence-electron chi connectivity index (χ1n) is 5.63. The molecule has 0 atom stereocenters. The monoisotopic (exact) mass is 253 g/mol. The average molecular weight is 254 g/mol. The van der Waals surface area contributed by atoms with Crippen molar-refractivity contribution in [3.05, 3.63) is 35.2 Å². The summed E-state index contributed by atoms with van der Waals surface area (Å²) in [6, 6.07) is 8.57. The van der Waals surface area contributed by atoms with Crippen molar-refractivity contribution in [1.82, 2.24) is 5.32 Å². The zero-order valence-corrected chi connectivity index (χ0v) is 10.8. The third-order valence-corrected chi connectivity index (χ3v) is 3.89. The van der Waals surface area contributed by atoms with Crippen LogP contribution in [0.5, 0.6) is 0 Å². The Morgan fingerprint density at radius 1 is 1.19 bits per heavy atom. The van der Waals surface area contributed by atoms with Crippen molar-refractivity contribution in [2.75, 3.05) is 12.4 Å². The van der Waals surface area contributed by atoms with Crippen LogP contribution in [0.1, 0.15) is 18.4 Å². The van der Waals surface area contributed by atoms with Crippen molar-refractivity contribution in [3.63, 3.8) is 0 Å². The molecule has 3 heteroatoms. The quantitative estimate of drug-likeness (QED) is 0.606. The first kappa shape index (κ1) is 11.9. The number of hydrogen-bond donors (Lipinski definition) is 1. The van der Waals surface area contributed by atoms with Gasteiger partial charge in [-0.25, -0.2) is 0 Å². The lowest BCUT2D eigenvalue weighted by molar-refractivity contribution is 0.645. The van der Waals surface area contributed by atoms with Gasteiger partial charge in [0.1, 0.15) is 0 Å². The van der Waals surface area contributed by atoms with Crippen molar-refractivity contribution in [1.29, 1.82) is 0 Å². The van der Waals surface area contributed by atoms with E-state index in [4.69, 9.17) is 11.6 Å². The molecule has 2 aromatic rings. The van der Waals surface area contributed by atoms with E-state index in [1.54, 1.807) is 0 Å². The number of thiophene rings is 1. The summed E-state index contributed by atoms with van der Waals surface area (Å²) in [6.07, 6.45) is 2.25. The molecule has 0 amide bonds. The van der Waals surface area contributed by atoms with Crippen LogP contribution in [0.15, 0.2) is 29.6 Å². The third-order valence-electron chi connectivity index (χ3n) is 2.61. The second-order valence-corrected chi connectivity index (χ2v) is 5.12. The van der Waals surface area contributed by atoms with Crippen LogP contribution in [0.2, 0.25) is 0 Å². The molecule has 2 rings (SSSR count). The van der Waals surface area contributed by atoms with Gasteiger partial charge in [-0.15, -0.1) is 22.9 Å². The van der Waals surface area contributed by atoms with Gasteiger partial charge in [0, 0.05) is 17.1 Å². The molecular formula is C13H16ClNS. The lowest BCUT2D eigenvalue weighted by Gasteiger charge is -2.02. The predicted molar refractivity (Wildman–Crippen MR) is 73.5 cm³/mol. The van der Waals surface area contributed by atoms with Gasteiger partial charge in [0.05, 0.1) is 0 Å². The van der Waals surface area contributed by atoms with Gasteiger partial charge in [0.25, 0.3) is 0 Å². The highest BCUT2D eigenvalue weighted by Crippen LogP contribution is 2.25. The van der Waals surface area contributed by atoms with E-state index in [-0.39, 0.29) is 0 Å². The molecule has 0 radical (unpaired) electrons. The summed E-state index contributed by atoms with van der Waals surface area (Å²) in [7, 11) is 0. The summed E-state index contributed by atoms with van der Waals surface area (Å²) in [5.41, 5.74) is 1.41. The minimum Gasteiger partial charge on any atom is -0.313 e. The van der Waals surface area contributed by atoms with Gasteiger partial charge >= 0.3 is 0 Å². The number of fused-ring (bicyclic) bond motifs is 1. The molecule has 1 heterocycles. The lowest BCUT2D eigenvalue weighted by Crippen LogP contribution is -2.14. The Labute approximate surface area is 105 Å². The molecular weight excluding hydrogens is 238 g/mol. The number of hydrogen-bond acceptors (Lipinski definition) is 2. The number of halogens is 1. The minimum absolute atomic E-state index is 0.767. The zero-order chi connectivity index (χ0) is 11.2. The van der Waals surface area contributed by atoms with E-state index < -0.39 is 0 Å². The molecule has 0 unspecified atom stereocenters. The standard InChI is InChI=1S/C13H16ClNS/c14-7-3-4-8-15-9-11-10-16-13-6-2-1-5-12(11)13/h1-2,5-6,10,15H,3-4,7-9H2. The topological polar surface area (TPSA) is 12.0 Å². The van der Waals surface area contributed by atoms with Gasteiger partial charge in [-0.1, -0.05) is 18.2 Å². The Balaban J connectivity index is 1.89. The van der Waals surface area contributed by atoms with Crippen LogP contribution in [-0.2, 0) is 6.54 Å². The maximum absolute atomic E-state index is 5.63. The highest BCUT2D eigenvalue weighted by molar-refractivity contribution is 7.17. The molecule has 0 aliphatic carbocycles. The van der Waals surface area contributed by atoms with E-state index in [2.05, 4.69) is 35.0 Å². The fraction of sp³-hybridized carbons (Fsp3) is 0.385. The van der Waals surface area contributed by atoms with E-state index >= 15 is 0 Å². The number of unbranched alkanes of at least 4 members (excludes halogenated alkanes) is 1. The van der Waals surface area contributed by atoms with E-state index in [0.29, 0.717) is 0 Å². The first-order valence-corrected chi connectivity index (χ1v) is 7.05. The largest absolute Gasteiger partial charge is 0.313 e. The molecule has 16 heavy (non-hydrogen) atoms. The van der Waals surface area contributed by atoms with Crippen LogP contribution in [0.4, 0.5) is 0 Å². The van der Waals surface area contributed by atoms with Crippen LogP contribution in [0.25, 0.3) is 10.1 Å². The lowest BCUT2D eigenvalue weighted by atomic mass is 10.2. The zero-order valence-electron chi connectivity index (χ0n) is 9.21. The second kappa shape index (κ2) is 6.24. The van der Waals surface area contributed by atoms with E-state index in [1.165, 1.54) is 15.6 Å². The minimum atomic E-state index is 0.767. The molecule has 1 aromatic carbocycles. The van der Waals surface area contributed by atoms with Gasteiger partial charge in [-0.05, 0) is 41.8 Å². The van der Waals surface area contributed by atoms with Crippen molar-refractivity contribution in [2.24, 2.45) is 0 Å². The number of nitrogens with one attached hydrogen (secondary N) is 1. The van der Waals surface area contributed by atoms with Crippen molar-refractivity contribution in [2.45, 2.75) is 19.4 Å².